The van der Waals surface area contributed by atoms with Gasteiger partial charge in [0.25, 0.3) is 0 Å². The average molecular weight is 537 g/mol. The number of carbonyl (C=O) groups excluding carboxylic acids is 2. The highest BCUT2D eigenvalue weighted by molar-refractivity contribution is 7.99. The number of hydrogen-bond donors (Lipinski definition) is 3. The highest BCUT2D eigenvalue weighted by atomic mass is 32.2. The van der Waals surface area contributed by atoms with E-state index in [1.165, 1.54) is 24.1 Å². The van der Waals surface area contributed by atoms with Gasteiger partial charge in [-0.25, -0.2) is 13.6 Å². The second kappa shape index (κ2) is 10.7. The van der Waals surface area contributed by atoms with E-state index in [9.17, 15) is 22.8 Å². The van der Waals surface area contributed by atoms with Crippen molar-refractivity contribution < 1.29 is 31.5 Å². The molecule has 0 radical (unpaired) electrons. The number of carbonyl (C=O) groups is 2. The Morgan fingerprint density at radius 2 is 1.68 bits per heavy atom. The van der Waals surface area contributed by atoms with Gasteiger partial charge in [0, 0.05) is 29.6 Å². The molecule has 12 heteroatoms. The largest absolute Gasteiger partial charge is 0.416 e. The molecule has 3 N–H and O–H groups in total. The molecule has 6 nitrogen and oxygen atoms in total. The lowest BCUT2D eigenvalue weighted by Crippen LogP contribution is -2.43. The Morgan fingerprint density at radius 1 is 0.973 bits per heavy atom. The summed E-state index contributed by atoms with van der Waals surface area (Å²) >= 11 is 1.30. The highest BCUT2D eigenvalue weighted by Gasteiger charge is 2.36. The van der Waals surface area contributed by atoms with Crippen LogP contribution in [0.1, 0.15) is 12.0 Å². The first kappa shape index (κ1) is 26.3. The number of amides is 3. The van der Waals surface area contributed by atoms with Crippen molar-refractivity contribution in [1.29, 1.82) is 0 Å². The maximum absolute atomic E-state index is 15.1. The van der Waals surface area contributed by atoms with Crippen molar-refractivity contribution in [1.82, 2.24) is 5.32 Å². The number of nitrogens with zero attached hydrogens (tertiary/aromatic N) is 1. The van der Waals surface area contributed by atoms with E-state index in [0.717, 1.165) is 29.2 Å². The van der Waals surface area contributed by atoms with E-state index in [1.54, 1.807) is 30.5 Å². The van der Waals surface area contributed by atoms with Crippen LogP contribution in [0.4, 0.5) is 43.8 Å². The van der Waals surface area contributed by atoms with Crippen LogP contribution in [0.25, 0.3) is 11.1 Å². The first-order valence-electron chi connectivity index (χ1n) is 11.0. The maximum Gasteiger partial charge on any atom is 0.416 e. The van der Waals surface area contributed by atoms with Crippen LogP contribution in [-0.2, 0) is 11.0 Å². The molecule has 0 saturated carbocycles. The van der Waals surface area contributed by atoms with Gasteiger partial charge >= 0.3 is 12.2 Å². The van der Waals surface area contributed by atoms with Gasteiger partial charge in [-0.1, -0.05) is 30.1 Å². The van der Waals surface area contributed by atoms with Crippen LogP contribution in [-0.4, -0.2) is 30.8 Å². The summed E-state index contributed by atoms with van der Waals surface area (Å²) in [6, 6.07) is 11.5. The molecule has 3 aromatic rings. The molecule has 194 valence electrons. The fourth-order valence-electron chi connectivity index (χ4n) is 3.99. The standard InChI is InChI=1S/C25H21F5N4O2S/c1-37-33-18-5-3-2-4-16(18)17-10-11-20(22(27)21(17)26)34-13-12-19(23(34)35)32-24(36)31-15-8-6-14(7-9-15)25(28,29)30/h2-11,19,33H,12-13H2,1H3,(H2,31,32,36). The van der Waals surface area contributed by atoms with E-state index in [4.69, 9.17) is 0 Å². The Balaban J connectivity index is 1.46. The lowest BCUT2D eigenvalue weighted by molar-refractivity contribution is -0.137. The number of benzene rings is 3. The third kappa shape index (κ3) is 5.63. The summed E-state index contributed by atoms with van der Waals surface area (Å²) in [5.41, 5.74) is 0.0374. The van der Waals surface area contributed by atoms with Crippen LogP contribution in [0.15, 0.2) is 60.7 Å². The maximum atomic E-state index is 15.1. The van der Waals surface area contributed by atoms with Gasteiger partial charge in [0.05, 0.1) is 16.9 Å². The molecule has 1 saturated heterocycles. The normalized spacial score (nSPS) is 15.6. The number of para-hydroxylation sites is 1. The van der Waals surface area contributed by atoms with Crippen molar-refractivity contribution in [3.05, 3.63) is 77.9 Å². The third-order valence-electron chi connectivity index (χ3n) is 5.76. The van der Waals surface area contributed by atoms with E-state index < -0.39 is 41.4 Å². The summed E-state index contributed by atoms with van der Waals surface area (Å²) in [6.07, 6.45) is -2.59. The quantitative estimate of drug-likeness (QED) is 0.257. The van der Waals surface area contributed by atoms with Gasteiger partial charge in [0.15, 0.2) is 11.6 Å². The molecule has 1 heterocycles. The van der Waals surface area contributed by atoms with Crippen molar-refractivity contribution in [2.75, 3.05) is 27.7 Å². The van der Waals surface area contributed by atoms with E-state index in [1.807, 2.05) is 0 Å². The van der Waals surface area contributed by atoms with Crippen molar-refractivity contribution in [2.24, 2.45) is 0 Å². The predicted molar refractivity (Wildman–Crippen MR) is 133 cm³/mol. The number of anilines is 3. The van der Waals surface area contributed by atoms with Crippen LogP contribution in [0.3, 0.4) is 0 Å². The topological polar surface area (TPSA) is 73.5 Å². The summed E-state index contributed by atoms with van der Waals surface area (Å²) in [5.74, 6) is -2.95. The van der Waals surface area contributed by atoms with Gasteiger partial charge in [0.1, 0.15) is 6.04 Å². The molecular weight excluding hydrogens is 515 g/mol. The number of alkyl halides is 3. The molecule has 1 fully saturated rings. The lowest BCUT2D eigenvalue weighted by atomic mass is 10.0. The van der Waals surface area contributed by atoms with Gasteiger partial charge in [-0.2, -0.15) is 13.2 Å². The Bertz CT molecular complexity index is 1320. The summed E-state index contributed by atoms with van der Waals surface area (Å²) < 4.78 is 71.3. The third-order valence-corrected chi connectivity index (χ3v) is 6.19. The molecule has 0 spiro atoms. The second-order valence-corrected chi connectivity index (χ2v) is 8.73. The van der Waals surface area contributed by atoms with Crippen molar-refractivity contribution >= 4 is 40.9 Å². The molecule has 37 heavy (non-hydrogen) atoms. The van der Waals surface area contributed by atoms with Crippen molar-refractivity contribution in [3.8, 4) is 11.1 Å². The van der Waals surface area contributed by atoms with Crippen LogP contribution >= 0.6 is 11.9 Å². The first-order chi connectivity index (χ1) is 17.6. The minimum Gasteiger partial charge on any atom is -0.329 e. The van der Waals surface area contributed by atoms with Gasteiger partial charge < -0.3 is 20.3 Å². The molecule has 1 aliphatic rings. The Hall–Kier alpha value is -3.80. The fourth-order valence-corrected chi connectivity index (χ4v) is 4.39. The van der Waals surface area contributed by atoms with Crippen LogP contribution in [0.2, 0.25) is 0 Å². The van der Waals surface area contributed by atoms with Gasteiger partial charge in [-0.05, 0) is 48.9 Å². The molecule has 1 atom stereocenters. The lowest BCUT2D eigenvalue weighted by Gasteiger charge is -2.20. The zero-order chi connectivity index (χ0) is 26.7. The monoisotopic (exact) mass is 536 g/mol. The summed E-state index contributed by atoms with van der Waals surface area (Å²) in [5, 5.41) is 4.78. The average Bonchev–Trinajstić information content (AvgIpc) is 3.21. The molecule has 0 aromatic heterocycles. The van der Waals surface area contributed by atoms with Crippen molar-refractivity contribution in [3.63, 3.8) is 0 Å². The number of rotatable bonds is 6. The Labute approximate surface area is 213 Å². The second-order valence-electron chi connectivity index (χ2n) is 8.12. The SMILES string of the molecule is CSNc1ccccc1-c1ccc(N2CCC(NC(=O)Nc3ccc(C(F)(F)F)cc3)C2=O)c(F)c1F. The van der Waals surface area contributed by atoms with Crippen LogP contribution in [0, 0.1) is 11.6 Å². The van der Waals surface area contributed by atoms with E-state index in [2.05, 4.69) is 15.4 Å². The van der Waals surface area contributed by atoms with Crippen molar-refractivity contribution in [2.45, 2.75) is 18.6 Å². The molecule has 3 aromatic carbocycles. The number of urea groups is 1. The predicted octanol–water partition coefficient (Wildman–Crippen LogP) is 6.27. The molecule has 4 rings (SSSR count). The van der Waals surface area contributed by atoms with Crippen LogP contribution < -0.4 is 20.3 Å². The fraction of sp³-hybridized carbons (Fsp3) is 0.200. The zero-order valence-corrected chi connectivity index (χ0v) is 20.1. The highest BCUT2D eigenvalue weighted by Crippen LogP contribution is 2.36. The van der Waals surface area contributed by atoms with E-state index >= 15 is 8.78 Å². The Morgan fingerprint density at radius 3 is 2.35 bits per heavy atom. The minimum absolute atomic E-state index is 0.0237. The molecule has 1 aliphatic heterocycles. The number of nitrogens with one attached hydrogen (secondary N) is 3. The molecule has 3 amide bonds. The smallest absolute Gasteiger partial charge is 0.329 e. The van der Waals surface area contributed by atoms with Gasteiger partial charge in [0.2, 0.25) is 5.91 Å². The first-order valence-corrected chi connectivity index (χ1v) is 12.2. The van der Waals surface area contributed by atoms with E-state index in [-0.39, 0.29) is 29.9 Å². The summed E-state index contributed by atoms with van der Waals surface area (Å²) in [6.45, 7) is 0.0321. The summed E-state index contributed by atoms with van der Waals surface area (Å²) in [7, 11) is 0. The Kier molecular flexibility index (Phi) is 7.58. The summed E-state index contributed by atoms with van der Waals surface area (Å²) in [4.78, 5) is 26.2. The molecular formula is C25H21F5N4O2S. The number of halogens is 5. The molecule has 0 bridgehead atoms. The molecule has 0 aliphatic carbocycles. The van der Waals surface area contributed by atoms with E-state index in [0.29, 0.717) is 11.3 Å². The van der Waals surface area contributed by atoms with Gasteiger partial charge in [-0.3, -0.25) is 4.79 Å². The van der Waals surface area contributed by atoms with Gasteiger partial charge in [-0.15, -0.1) is 0 Å². The minimum atomic E-state index is -4.51. The number of hydrogen-bond acceptors (Lipinski definition) is 4. The van der Waals surface area contributed by atoms with Crippen LogP contribution in [0.5, 0.6) is 0 Å². The zero-order valence-electron chi connectivity index (χ0n) is 19.3. The molecule has 1 unspecified atom stereocenters.